The zero-order valence-electron chi connectivity index (χ0n) is 15.6. The van der Waals surface area contributed by atoms with Crippen molar-refractivity contribution < 1.29 is 18.8 Å². The Kier molecular flexibility index (Phi) is 4.95. The van der Waals surface area contributed by atoms with E-state index < -0.39 is 23.3 Å². The van der Waals surface area contributed by atoms with Crippen LogP contribution in [0.2, 0.25) is 0 Å². The third kappa shape index (κ3) is 3.67. The van der Waals surface area contributed by atoms with E-state index in [1.54, 1.807) is 0 Å². The van der Waals surface area contributed by atoms with E-state index in [0.717, 1.165) is 12.8 Å². The van der Waals surface area contributed by atoms with Gasteiger partial charge < -0.3 is 10.6 Å². The average molecular weight is 401 g/mol. The summed E-state index contributed by atoms with van der Waals surface area (Å²) in [6.07, 6.45) is 4.83. The van der Waals surface area contributed by atoms with Crippen molar-refractivity contribution in [3.05, 3.63) is 30.3 Å². The topological polar surface area (TPSA) is 122 Å². The summed E-state index contributed by atoms with van der Waals surface area (Å²) in [4.78, 5) is 38.1. The monoisotopic (exact) mass is 401 g/mol. The van der Waals surface area contributed by atoms with E-state index in [1.807, 2.05) is 0 Å². The number of tetrazole rings is 1. The van der Waals surface area contributed by atoms with Crippen LogP contribution in [0.1, 0.15) is 38.5 Å². The first-order valence-electron chi connectivity index (χ1n) is 9.45. The van der Waals surface area contributed by atoms with Gasteiger partial charge in [0.2, 0.25) is 5.91 Å². The van der Waals surface area contributed by atoms with E-state index in [0.29, 0.717) is 18.5 Å². The fourth-order valence-corrected chi connectivity index (χ4v) is 3.84. The molecule has 2 fully saturated rings. The summed E-state index contributed by atoms with van der Waals surface area (Å²) in [5.74, 6) is -1.21. The predicted molar refractivity (Wildman–Crippen MR) is 98.4 cm³/mol. The Balaban J connectivity index is 1.32. The van der Waals surface area contributed by atoms with Crippen molar-refractivity contribution in [2.75, 3.05) is 11.9 Å². The van der Waals surface area contributed by atoms with E-state index in [4.69, 9.17) is 0 Å². The highest BCUT2D eigenvalue weighted by atomic mass is 19.1. The number of nitrogens with zero attached hydrogens (tertiary/aromatic N) is 5. The predicted octanol–water partition coefficient (Wildman–Crippen LogP) is 1.38. The average Bonchev–Trinajstić information content (AvgIpc) is 3.43. The second-order valence-corrected chi connectivity index (χ2v) is 7.25. The number of carbonyl (C=O) groups excluding carboxylic acids is 3. The maximum Gasteiger partial charge on any atom is 0.325 e. The summed E-state index contributed by atoms with van der Waals surface area (Å²) in [5.41, 5.74) is -0.255. The molecule has 11 heteroatoms. The van der Waals surface area contributed by atoms with E-state index in [2.05, 4.69) is 26.2 Å². The molecule has 2 aliphatic rings. The fourth-order valence-electron chi connectivity index (χ4n) is 3.84. The molecule has 1 saturated carbocycles. The zero-order chi connectivity index (χ0) is 20.4. The second kappa shape index (κ2) is 7.57. The maximum absolute atomic E-state index is 14.0. The zero-order valence-corrected chi connectivity index (χ0v) is 15.6. The molecule has 1 spiro atoms. The molecule has 1 aromatic carbocycles. The van der Waals surface area contributed by atoms with Crippen LogP contribution in [0.15, 0.2) is 24.5 Å². The molecule has 4 rings (SSSR count). The Hall–Kier alpha value is -3.37. The van der Waals surface area contributed by atoms with Crippen LogP contribution < -0.4 is 10.6 Å². The number of benzene rings is 1. The minimum absolute atomic E-state index is 0.00269. The second-order valence-electron chi connectivity index (χ2n) is 7.25. The van der Waals surface area contributed by atoms with Crippen LogP contribution in [-0.4, -0.2) is 55.0 Å². The van der Waals surface area contributed by atoms with Crippen LogP contribution >= 0.6 is 0 Å². The maximum atomic E-state index is 14.0. The van der Waals surface area contributed by atoms with Crippen molar-refractivity contribution in [1.82, 2.24) is 30.4 Å². The standard InChI is InChI=1S/C18H20FN7O3/c19-13-6-5-12(26-11-20-23-24-26)10-14(13)21-15(27)4-3-9-25-16(28)18(22-17(25)29)7-1-2-8-18/h5-6,10-11H,1-4,7-9H2,(H,21,27)(H,22,29). The Morgan fingerprint density at radius 2 is 2.07 bits per heavy atom. The van der Waals surface area contributed by atoms with Crippen LogP contribution in [0.3, 0.4) is 0 Å². The third-order valence-electron chi connectivity index (χ3n) is 5.33. The molecule has 1 aliphatic carbocycles. The van der Waals surface area contributed by atoms with Gasteiger partial charge >= 0.3 is 6.03 Å². The van der Waals surface area contributed by atoms with Gasteiger partial charge in [-0.2, -0.15) is 0 Å². The number of halogens is 1. The van der Waals surface area contributed by atoms with E-state index in [-0.39, 0.29) is 31.0 Å². The number of nitrogens with one attached hydrogen (secondary N) is 2. The van der Waals surface area contributed by atoms with Crippen LogP contribution in [0.4, 0.5) is 14.9 Å². The highest BCUT2D eigenvalue weighted by molar-refractivity contribution is 6.07. The van der Waals surface area contributed by atoms with Crippen LogP contribution in [0, 0.1) is 5.82 Å². The van der Waals surface area contributed by atoms with Gasteiger partial charge in [-0.25, -0.2) is 13.9 Å². The van der Waals surface area contributed by atoms with Crippen LogP contribution in [-0.2, 0) is 9.59 Å². The molecule has 0 atom stereocenters. The molecular weight excluding hydrogens is 381 g/mol. The molecule has 2 N–H and O–H groups in total. The smallest absolute Gasteiger partial charge is 0.324 e. The number of aromatic nitrogens is 4. The molecule has 152 valence electrons. The first-order chi connectivity index (χ1) is 14.0. The van der Waals surface area contributed by atoms with Crippen molar-refractivity contribution in [3.8, 4) is 5.69 Å². The number of rotatable bonds is 6. The summed E-state index contributed by atoms with van der Waals surface area (Å²) in [6.45, 7) is 0.146. The Morgan fingerprint density at radius 3 is 2.79 bits per heavy atom. The summed E-state index contributed by atoms with van der Waals surface area (Å²) >= 11 is 0. The summed E-state index contributed by atoms with van der Waals surface area (Å²) in [7, 11) is 0. The number of amides is 4. The number of hydrogen-bond acceptors (Lipinski definition) is 6. The Labute approximate surface area is 165 Å². The minimum atomic E-state index is -0.751. The van der Waals surface area contributed by atoms with Gasteiger partial charge in [-0.05, 0) is 47.9 Å². The molecular formula is C18H20FN7O3. The normalized spacial score (nSPS) is 17.8. The molecule has 2 heterocycles. The molecule has 1 aliphatic heterocycles. The van der Waals surface area contributed by atoms with Gasteiger partial charge in [-0.1, -0.05) is 12.8 Å². The Morgan fingerprint density at radius 1 is 1.28 bits per heavy atom. The number of carbonyl (C=O) groups is 3. The molecule has 0 radical (unpaired) electrons. The SMILES string of the molecule is O=C(CCCN1C(=O)NC2(CCCC2)C1=O)Nc1cc(-n2cnnn2)ccc1F. The molecule has 1 aromatic heterocycles. The first kappa shape index (κ1) is 19.0. The first-order valence-corrected chi connectivity index (χ1v) is 9.45. The van der Waals surface area contributed by atoms with Gasteiger partial charge in [0.25, 0.3) is 5.91 Å². The summed E-state index contributed by atoms with van der Waals surface area (Å²) in [6, 6.07) is 3.71. The molecule has 10 nitrogen and oxygen atoms in total. The highest BCUT2D eigenvalue weighted by Crippen LogP contribution is 2.35. The van der Waals surface area contributed by atoms with Gasteiger partial charge in [0.15, 0.2) is 0 Å². The van der Waals surface area contributed by atoms with E-state index in [1.165, 1.54) is 34.1 Å². The van der Waals surface area contributed by atoms with Gasteiger partial charge in [0, 0.05) is 13.0 Å². The van der Waals surface area contributed by atoms with Crippen LogP contribution in [0.25, 0.3) is 5.69 Å². The Bertz CT molecular complexity index is 941. The lowest BCUT2D eigenvalue weighted by Gasteiger charge is -2.19. The quantitative estimate of drug-likeness (QED) is 0.706. The lowest BCUT2D eigenvalue weighted by molar-refractivity contribution is -0.131. The molecule has 2 aromatic rings. The van der Waals surface area contributed by atoms with Gasteiger partial charge in [0.1, 0.15) is 17.7 Å². The molecule has 0 unspecified atom stereocenters. The van der Waals surface area contributed by atoms with Gasteiger partial charge in [-0.3, -0.25) is 14.5 Å². The number of anilines is 1. The molecule has 4 amide bonds. The van der Waals surface area contributed by atoms with E-state index in [9.17, 15) is 18.8 Å². The molecule has 0 bridgehead atoms. The van der Waals surface area contributed by atoms with Crippen molar-refractivity contribution >= 4 is 23.5 Å². The van der Waals surface area contributed by atoms with Crippen molar-refractivity contribution in [3.63, 3.8) is 0 Å². The lowest BCUT2D eigenvalue weighted by Crippen LogP contribution is -2.44. The molecule has 29 heavy (non-hydrogen) atoms. The van der Waals surface area contributed by atoms with Crippen molar-refractivity contribution in [2.24, 2.45) is 0 Å². The third-order valence-corrected chi connectivity index (χ3v) is 5.33. The number of hydrogen-bond donors (Lipinski definition) is 2. The summed E-state index contributed by atoms with van der Waals surface area (Å²) in [5, 5.41) is 16.1. The van der Waals surface area contributed by atoms with Gasteiger partial charge in [-0.15, -0.1) is 5.10 Å². The van der Waals surface area contributed by atoms with Crippen molar-refractivity contribution in [1.29, 1.82) is 0 Å². The molecule has 1 saturated heterocycles. The number of imide groups is 1. The highest BCUT2D eigenvalue weighted by Gasteiger charge is 2.52. The van der Waals surface area contributed by atoms with Crippen LogP contribution in [0.5, 0.6) is 0 Å². The van der Waals surface area contributed by atoms with Crippen molar-refractivity contribution in [2.45, 2.75) is 44.1 Å². The lowest BCUT2D eigenvalue weighted by atomic mass is 9.98. The fraction of sp³-hybridized carbons (Fsp3) is 0.444. The summed E-state index contributed by atoms with van der Waals surface area (Å²) < 4.78 is 15.4. The number of urea groups is 1. The van der Waals surface area contributed by atoms with Gasteiger partial charge in [0.05, 0.1) is 11.4 Å². The largest absolute Gasteiger partial charge is 0.325 e. The minimum Gasteiger partial charge on any atom is -0.324 e. The van der Waals surface area contributed by atoms with E-state index >= 15 is 0 Å².